The number of carboxylic acid groups (broad SMARTS) is 1. The van der Waals surface area contributed by atoms with Crippen LogP contribution in [0.1, 0.15) is 41.8 Å². The van der Waals surface area contributed by atoms with Crippen LogP contribution in [0.3, 0.4) is 0 Å². The van der Waals surface area contributed by atoms with Crippen molar-refractivity contribution in [2.45, 2.75) is 33.2 Å². The van der Waals surface area contributed by atoms with Crippen molar-refractivity contribution in [2.24, 2.45) is 5.92 Å². The average molecular weight is 261 g/mol. The summed E-state index contributed by atoms with van der Waals surface area (Å²) in [5.74, 6) is -0.422. The highest BCUT2D eigenvalue weighted by molar-refractivity contribution is 5.88. The van der Waals surface area contributed by atoms with Gasteiger partial charge in [0.25, 0.3) is 0 Å². The van der Waals surface area contributed by atoms with E-state index in [2.05, 4.69) is 0 Å². The summed E-state index contributed by atoms with van der Waals surface area (Å²) in [7, 11) is 0. The fourth-order valence-corrected chi connectivity index (χ4v) is 2.38. The summed E-state index contributed by atoms with van der Waals surface area (Å²) in [4.78, 5) is 24.8. The number of carbonyl (C=O) groups is 2. The minimum atomic E-state index is -0.923. The van der Waals surface area contributed by atoms with E-state index in [0.29, 0.717) is 18.9 Å². The van der Waals surface area contributed by atoms with Crippen LogP contribution in [0.25, 0.3) is 0 Å². The van der Waals surface area contributed by atoms with Gasteiger partial charge in [0.2, 0.25) is 5.91 Å². The van der Waals surface area contributed by atoms with Gasteiger partial charge in [-0.05, 0) is 35.6 Å². The van der Waals surface area contributed by atoms with Crippen molar-refractivity contribution in [3.63, 3.8) is 0 Å². The lowest BCUT2D eigenvalue weighted by Crippen LogP contribution is -2.36. The van der Waals surface area contributed by atoms with Gasteiger partial charge in [-0.2, -0.15) is 0 Å². The zero-order chi connectivity index (χ0) is 14.0. The molecule has 0 saturated heterocycles. The zero-order valence-corrected chi connectivity index (χ0v) is 11.3. The number of benzene rings is 1. The molecule has 0 aromatic heterocycles. The molecule has 0 spiro atoms. The van der Waals surface area contributed by atoms with Gasteiger partial charge in [0.1, 0.15) is 0 Å². The van der Waals surface area contributed by atoms with Gasteiger partial charge in [-0.25, -0.2) is 4.79 Å². The molecule has 19 heavy (non-hydrogen) atoms. The second-order valence-corrected chi connectivity index (χ2v) is 5.45. The lowest BCUT2D eigenvalue weighted by Gasteiger charge is -2.29. The Labute approximate surface area is 113 Å². The molecule has 0 fully saturated rings. The second-order valence-electron chi connectivity index (χ2n) is 5.45. The molecular formula is C15H19NO3. The number of hydrogen-bond donors (Lipinski definition) is 1. The first-order valence-electron chi connectivity index (χ1n) is 6.60. The molecule has 1 aliphatic heterocycles. The lowest BCUT2D eigenvalue weighted by molar-refractivity contribution is -0.132. The average Bonchev–Trinajstić information content (AvgIpc) is 2.36. The molecule has 4 heteroatoms. The van der Waals surface area contributed by atoms with Crippen molar-refractivity contribution in [2.75, 3.05) is 6.54 Å². The number of fused-ring (bicyclic) bond motifs is 1. The fraction of sp³-hybridized carbons (Fsp3) is 0.467. The first-order chi connectivity index (χ1) is 8.97. The third kappa shape index (κ3) is 3.13. The minimum absolute atomic E-state index is 0.154. The summed E-state index contributed by atoms with van der Waals surface area (Å²) >= 11 is 0. The van der Waals surface area contributed by atoms with E-state index in [4.69, 9.17) is 5.11 Å². The van der Waals surface area contributed by atoms with Crippen molar-refractivity contribution in [1.29, 1.82) is 0 Å². The minimum Gasteiger partial charge on any atom is -0.478 e. The molecule has 1 amide bonds. The van der Waals surface area contributed by atoms with Crippen LogP contribution >= 0.6 is 0 Å². The molecule has 1 aromatic rings. The molecule has 0 unspecified atom stereocenters. The molecule has 0 radical (unpaired) electrons. The van der Waals surface area contributed by atoms with E-state index in [0.717, 1.165) is 24.1 Å². The molecule has 1 aromatic carbocycles. The Bertz CT molecular complexity index is 508. The van der Waals surface area contributed by atoms with Crippen LogP contribution in [0.15, 0.2) is 18.2 Å². The second kappa shape index (κ2) is 5.43. The third-order valence-electron chi connectivity index (χ3n) is 3.40. The highest BCUT2D eigenvalue weighted by atomic mass is 16.4. The SMILES string of the molecule is CC(C)CC(=O)N1CCc2ccc(C(=O)O)cc2C1. The first kappa shape index (κ1) is 13.6. The smallest absolute Gasteiger partial charge is 0.335 e. The number of amides is 1. The normalized spacial score (nSPS) is 14.4. The highest BCUT2D eigenvalue weighted by Gasteiger charge is 2.21. The van der Waals surface area contributed by atoms with Crippen molar-refractivity contribution in [3.05, 3.63) is 34.9 Å². The van der Waals surface area contributed by atoms with Gasteiger partial charge in [0, 0.05) is 19.5 Å². The van der Waals surface area contributed by atoms with Crippen LogP contribution < -0.4 is 0 Å². The maximum atomic E-state index is 12.0. The maximum Gasteiger partial charge on any atom is 0.335 e. The molecule has 0 aliphatic carbocycles. The lowest BCUT2D eigenvalue weighted by atomic mass is 9.96. The molecule has 4 nitrogen and oxygen atoms in total. The van der Waals surface area contributed by atoms with Crippen molar-refractivity contribution in [3.8, 4) is 0 Å². The Morgan fingerprint density at radius 3 is 2.68 bits per heavy atom. The standard InChI is InChI=1S/C15H19NO3/c1-10(2)7-14(17)16-6-5-11-3-4-12(15(18)19)8-13(11)9-16/h3-4,8,10H,5-7,9H2,1-2H3,(H,18,19). The van der Waals surface area contributed by atoms with Gasteiger partial charge in [-0.1, -0.05) is 19.9 Å². The number of aromatic carboxylic acids is 1. The number of nitrogens with zero attached hydrogens (tertiary/aromatic N) is 1. The summed E-state index contributed by atoms with van der Waals surface area (Å²) < 4.78 is 0. The maximum absolute atomic E-state index is 12.0. The molecule has 2 rings (SSSR count). The van der Waals surface area contributed by atoms with Gasteiger partial charge < -0.3 is 10.0 Å². The predicted molar refractivity (Wildman–Crippen MR) is 72.0 cm³/mol. The molecule has 1 N–H and O–H groups in total. The van der Waals surface area contributed by atoms with Gasteiger partial charge in [-0.15, -0.1) is 0 Å². The summed E-state index contributed by atoms with van der Waals surface area (Å²) in [6.45, 7) is 5.31. The monoisotopic (exact) mass is 261 g/mol. The molecule has 0 atom stereocenters. The summed E-state index contributed by atoms with van der Waals surface area (Å²) in [6.07, 6.45) is 1.35. The molecule has 0 bridgehead atoms. The van der Waals surface area contributed by atoms with E-state index in [1.165, 1.54) is 0 Å². The van der Waals surface area contributed by atoms with Crippen LogP contribution in [-0.4, -0.2) is 28.4 Å². The quantitative estimate of drug-likeness (QED) is 0.908. The van der Waals surface area contributed by atoms with Gasteiger partial charge in [0.15, 0.2) is 0 Å². The Morgan fingerprint density at radius 1 is 1.32 bits per heavy atom. The van der Waals surface area contributed by atoms with Crippen molar-refractivity contribution < 1.29 is 14.7 Å². The van der Waals surface area contributed by atoms with Gasteiger partial charge in [0.05, 0.1) is 5.56 Å². The van der Waals surface area contributed by atoms with E-state index in [1.807, 2.05) is 24.8 Å². The molecule has 1 aliphatic rings. The summed E-state index contributed by atoms with van der Waals surface area (Å²) in [5, 5.41) is 9.00. The summed E-state index contributed by atoms with van der Waals surface area (Å²) in [6, 6.07) is 5.18. The molecule has 102 valence electrons. The first-order valence-corrected chi connectivity index (χ1v) is 6.60. The molecule has 1 heterocycles. The number of carbonyl (C=O) groups excluding carboxylic acids is 1. The van der Waals surface area contributed by atoms with Crippen molar-refractivity contribution in [1.82, 2.24) is 4.90 Å². The topological polar surface area (TPSA) is 57.6 Å². The van der Waals surface area contributed by atoms with E-state index in [9.17, 15) is 9.59 Å². The van der Waals surface area contributed by atoms with Crippen LogP contribution in [0.2, 0.25) is 0 Å². The molecular weight excluding hydrogens is 242 g/mol. The fourth-order valence-electron chi connectivity index (χ4n) is 2.38. The summed E-state index contributed by atoms with van der Waals surface area (Å²) in [5.41, 5.74) is 2.40. The Balaban J connectivity index is 2.16. The van der Waals surface area contributed by atoms with Crippen LogP contribution in [0.5, 0.6) is 0 Å². The van der Waals surface area contributed by atoms with Crippen LogP contribution in [0, 0.1) is 5.92 Å². The largest absolute Gasteiger partial charge is 0.478 e. The van der Waals surface area contributed by atoms with E-state index < -0.39 is 5.97 Å². The highest BCUT2D eigenvalue weighted by Crippen LogP contribution is 2.21. The number of rotatable bonds is 3. The Kier molecular flexibility index (Phi) is 3.88. The van der Waals surface area contributed by atoms with E-state index in [-0.39, 0.29) is 11.5 Å². The third-order valence-corrected chi connectivity index (χ3v) is 3.40. The van der Waals surface area contributed by atoms with Crippen LogP contribution in [0.4, 0.5) is 0 Å². The van der Waals surface area contributed by atoms with Gasteiger partial charge in [-0.3, -0.25) is 4.79 Å². The van der Waals surface area contributed by atoms with E-state index >= 15 is 0 Å². The van der Waals surface area contributed by atoms with Crippen molar-refractivity contribution >= 4 is 11.9 Å². The van der Waals surface area contributed by atoms with E-state index in [1.54, 1.807) is 12.1 Å². The predicted octanol–water partition coefficient (Wildman–Crippen LogP) is 2.32. The Morgan fingerprint density at radius 2 is 2.05 bits per heavy atom. The zero-order valence-electron chi connectivity index (χ0n) is 11.3. The van der Waals surface area contributed by atoms with Gasteiger partial charge >= 0.3 is 5.97 Å². The van der Waals surface area contributed by atoms with Crippen LogP contribution in [-0.2, 0) is 17.8 Å². The number of hydrogen-bond acceptors (Lipinski definition) is 2. The number of carboxylic acids is 1. The molecule has 0 saturated carbocycles. The Hall–Kier alpha value is -1.84.